The predicted molar refractivity (Wildman–Crippen MR) is 92.6 cm³/mol. The molecule has 0 bridgehead atoms. The summed E-state index contributed by atoms with van der Waals surface area (Å²) < 4.78 is 10.5. The summed E-state index contributed by atoms with van der Waals surface area (Å²) in [6.45, 7) is 1.62. The maximum Gasteiger partial charge on any atom is 0.380 e. The molecule has 1 N–H and O–H groups in total. The number of benzene rings is 2. The molecule has 0 saturated heterocycles. The number of aliphatic imine (C=N–C) groups is 1. The van der Waals surface area contributed by atoms with Gasteiger partial charge in [-0.15, -0.1) is 0 Å². The van der Waals surface area contributed by atoms with Gasteiger partial charge in [0.15, 0.2) is 11.5 Å². The molecule has 0 aromatic heterocycles. The van der Waals surface area contributed by atoms with Crippen LogP contribution in [0.1, 0.15) is 6.92 Å². The molecule has 0 radical (unpaired) electrons. The van der Waals surface area contributed by atoms with Gasteiger partial charge in [-0.05, 0) is 31.2 Å². The highest BCUT2D eigenvalue weighted by molar-refractivity contribution is 6.37. The average Bonchev–Trinajstić information content (AvgIpc) is 2.65. The minimum atomic E-state index is -0.707. The van der Waals surface area contributed by atoms with E-state index in [1.165, 1.54) is 12.1 Å². The van der Waals surface area contributed by atoms with E-state index in [9.17, 15) is 9.59 Å². The molecule has 2 aromatic carbocycles. The molecule has 2 aromatic rings. The zero-order valence-electron chi connectivity index (χ0n) is 13.8. The van der Waals surface area contributed by atoms with Gasteiger partial charge in [-0.1, -0.05) is 30.3 Å². The van der Waals surface area contributed by atoms with Gasteiger partial charge in [-0.2, -0.15) is 0 Å². The highest BCUT2D eigenvalue weighted by Crippen LogP contribution is 2.26. The fourth-order valence-electron chi connectivity index (χ4n) is 2.34. The Labute approximate surface area is 144 Å². The number of esters is 1. The van der Waals surface area contributed by atoms with E-state index in [0.717, 1.165) is 0 Å². The van der Waals surface area contributed by atoms with Gasteiger partial charge in [0.2, 0.25) is 5.84 Å². The molecule has 0 spiro atoms. The van der Waals surface area contributed by atoms with Gasteiger partial charge in [0.25, 0.3) is 5.91 Å². The van der Waals surface area contributed by atoms with Gasteiger partial charge in [-0.3, -0.25) is 10.2 Å². The van der Waals surface area contributed by atoms with Gasteiger partial charge >= 0.3 is 5.97 Å². The first kappa shape index (κ1) is 16.5. The number of nitrogens with one attached hydrogen (secondary N) is 1. The normalized spacial score (nSPS) is 16.7. The van der Waals surface area contributed by atoms with Crippen molar-refractivity contribution in [2.75, 3.05) is 12.1 Å². The lowest BCUT2D eigenvalue weighted by Crippen LogP contribution is -2.56. The van der Waals surface area contributed by atoms with Crippen molar-refractivity contribution in [3.63, 3.8) is 0 Å². The summed E-state index contributed by atoms with van der Waals surface area (Å²) in [6, 6.07) is 15.0. The first-order valence-corrected chi connectivity index (χ1v) is 7.69. The Morgan fingerprint density at radius 1 is 1.08 bits per heavy atom. The first-order chi connectivity index (χ1) is 12.1. The molecule has 1 aliphatic heterocycles. The quantitative estimate of drug-likeness (QED) is 0.680. The van der Waals surface area contributed by atoms with Crippen LogP contribution in [0.2, 0.25) is 0 Å². The summed E-state index contributed by atoms with van der Waals surface area (Å²) in [5.74, 6) is -0.321. The van der Waals surface area contributed by atoms with Gasteiger partial charge < -0.3 is 9.47 Å². The van der Waals surface area contributed by atoms with Crippen molar-refractivity contribution in [2.45, 2.75) is 13.0 Å². The van der Waals surface area contributed by atoms with Crippen LogP contribution in [-0.2, 0) is 9.59 Å². The van der Waals surface area contributed by atoms with Crippen LogP contribution >= 0.6 is 0 Å². The number of amides is 1. The first-order valence-electron chi connectivity index (χ1n) is 7.69. The van der Waals surface area contributed by atoms with Gasteiger partial charge in [0, 0.05) is 0 Å². The minimum absolute atomic E-state index is 0.0538. The molecule has 1 atom stereocenters. The van der Waals surface area contributed by atoms with E-state index in [-0.39, 0.29) is 17.5 Å². The fraction of sp³-hybridized carbons (Fsp3) is 0.167. The van der Waals surface area contributed by atoms with Crippen LogP contribution in [0.4, 0.5) is 5.69 Å². The Hall–Kier alpha value is -3.35. The third-order valence-electron chi connectivity index (χ3n) is 3.60. The molecule has 7 heteroatoms. The lowest BCUT2D eigenvalue weighted by atomic mass is 10.2. The number of anilines is 1. The third-order valence-corrected chi connectivity index (χ3v) is 3.60. The maximum atomic E-state index is 12.5. The lowest BCUT2D eigenvalue weighted by molar-refractivity contribution is -0.127. The van der Waals surface area contributed by atoms with Crippen molar-refractivity contribution in [2.24, 2.45) is 4.99 Å². The Bertz CT molecular complexity index is 820. The molecule has 1 aliphatic rings. The maximum absolute atomic E-state index is 12.5. The van der Waals surface area contributed by atoms with Gasteiger partial charge in [-0.25, -0.2) is 14.8 Å². The smallest absolute Gasteiger partial charge is 0.380 e. The second-order valence-corrected chi connectivity index (χ2v) is 5.32. The number of para-hydroxylation sites is 3. The van der Waals surface area contributed by atoms with Crippen molar-refractivity contribution in [1.29, 1.82) is 0 Å². The number of rotatable bonds is 4. The standard InChI is InChI=1S/C18H17N3O4/c1-12-17(22)21(13-8-4-3-5-9-13)20-16(19-12)18(23)25-15-11-7-6-10-14(15)24-2/h3-12H,1-2H3,(H,19,20)/t12-/m1/s1. The second-order valence-electron chi connectivity index (χ2n) is 5.32. The molecule has 0 saturated carbocycles. The zero-order valence-corrected chi connectivity index (χ0v) is 13.8. The largest absolute Gasteiger partial charge is 0.493 e. The number of carbonyl (C=O) groups excluding carboxylic acids is 2. The average molecular weight is 339 g/mol. The molecule has 0 unspecified atom stereocenters. The predicted octanol–water partition coefficient (Wildman–Crippen LogP) is 1.94. The number of methoxy groups -OCH3 is 1. The van der Waals surface area contributed by atoms with Gasteiger partial charge in [0.05, 0.1) is 12.8 Å². The van der Waals surface area contributed by atoms with Crippen molar-refractivity contribution >= 4 is 23.4 Å². The molecular weight excluding hydrogens is 322 g/mol. The van der Waals surface area contributed by atoms with Crippen LogP contribution in [0.3, 0.4) is 0 Å². The highest BCUT2D eigenvalue weighted by Gasteiger charge is 2.31. The Morgan fingerprint density at radius 3 is 2.40 bits per heavy atom. The van der Waals surface area contributed by atoms with E-state index in [2.05, 4.69) is 10.4 Å². The number of nitrogens with zero attached hydrogens (tertiary/aromatic N) is 2. The molecular formula is C18H17N3O4. The van der Waals surface area contributed by atoms with E-state index in [4.69, 9.17) is 9.47 Å². The van der Waals surface area contributed by atoms with E-state index >= 15 is 0 Å². The summed E-state index contributed by atoms with van der Waals surface area (Å²) in [7, 11) is 1.49. The number of carbonyl (C=O) groups is 2. The van der Waals surface area contributed by atoms with Crippen LogP contribution in [0, 0.1) is 0 Å². The van der Waals surface area contributed by atoms with Gasteiger partial charge in [0.1, 0.15) is 6.04 Å². The van der Waals surface area contributed by atoms with E-state index in [1.807, 2.05) is 6.07 Å². The summed E-state index contributed by atoms with van der Waals surface area (Å²) >= 11 is 0. The molecule has 1 amide bonds. The molecule has 25 heavy (non-hydrogen) atoms. The third kappa shape index (κ3) is 3.45. The molecule has 3 rings (SSSR count). The van der Waals surface area contributed by atoms with E-state index < -0.39 is 12.0 Å². The van der Waals surface area contributed by atoms with Crippen molar-refractivity contribution in [3.8, 4) is 11.5 Å². The summed E-state index contributed by atoms with van der Waals surface area (Å²) in [6.07, 6.45) is 0. The van der Waals surface area contributed by atoms with Crippen molar-refractivity contribution < 1.29 is 19.1 Å². The number of hydrogen-bond donors (Lipinski definition) is 1. The highest BCUT2D eigenvalue weighted by atomic mass is 16.6. The van der Waals surface area contributed by atoms with Crippen LogP contribution < -0.4 is 19.9 Å². The topological polar surface area (TPSA) is 80.2 Å². The number of hydrogen-bond acceptors (Lipinski definition) is 6. The van der Waals surface area contributed by atoms with E-state index in [1.54, 1.807) is 55.5 Å². The number of amidine groups is 1. The Morgan fingerprint density at radius 2 is 1.72 bits per heavy atom. The molecule has 128 valence electrons. The molecule has 7 nitrogen and oxygen atoms in total. The fourth-order valence-corrected chi connectivity index (χ4v) is 2.34. The van der Waals surface area contributed by atoms with Crippen molar-refractivity contribution in [1.82, 2.24) is 5.43 Å². The van der Waals surface area contributed by atoms with Crippen LogP contribution in [-0.4, -0.2) is 30.9 Å². The molecule has 0 aliphatic carbocycles. The van der Waals surface area contributed by atoms with Crippen molar-refractivity contribution in [3.05, 3.63) is 54.6 Å². The van der Waals surface area contributed by atoms with Crippen LogP contribution in [0.5, 0.6) is 11.5 Å². The summed E-state index contributed by atoms with van der Waals surface area (Å²) in [5, 5.41) is 1.29. The summed E-state index contributed by atoms with van der Waals surface area (Å²) in [4.78, 5) is 28.9. The Kier molecular flexibility index (Phi) is 4.65. The lowest BCUT2D eigenvalue weighted by Gasteiger charge is -2.30. The number of hydrazine groups is 1. The van der Waals surface area contributed by atoms with Crippen LogP contribution in [0.15, 0.2) is 59.6 Å². The van der Waals surface area contributed by atoms with E-state index in [0.29, 0.717) is 11.4 Å². The number of ether oxygens (including phenoxy) is 2. The molecule has 1 heterocycles. The van der Waals surface area contributed by atoms with Crippen LogP contribution in [0.25, 0.3) is 0 Å². The second kappa shape index (κ2) is 7.04. The minimum Gasteiger partial charge on any atom is -0.493 e. The molecule has 0 fully saturated rings. The SMILES string of the molecule is COc1ccccc1OC(=O)C1=N[C@H](C)C(=O)N(c2ccccc2)N1. The zero-order chi connectivity index (χ0) is 17.8. The Balaban J connectivity index is 1.83. The monoisotopic (exact) mass is 339 g/mol. The summed E-state index contributed by atoms with van der Waals surface area (Å²) in [5.41, 5.74) is 3.33.